The average molecular weight is 408 g/mol. The van der Waals surface area contributed by atoms with Gasteiger partial charge >= 0.3 is 11.9 Å². The number of carbonyl (C=O) groups is 2. The van der Waals surface area contributed by atoms with E-state index in [2.05, 4.69) is 18.1 Å². The summed E-state index contributed by atoms with van der Waals surface area (Å²) in [6.07, 6.45) is 2.30. The summed E-state index contributed by atoms with van der Waals surface area (Å²) in [5.74, 6) is 3.19. The van der Waals surface area contributed by atoms with Gasteiger partial charge in [0.05, 0.1) is 6.04 Å². The Morgan fingerprint density at radius 2 is 1.29 bits per heavy atom. The Kier molecular flexibility index (Phi) is 8.96. The van der Waals surface area contributed by atoms with Gasteiger partial charge < -0.3 is 9.47 Å². The Balaban J connectivity index is 2.10. The second-order valence-corrected chi connectivity index (χ2v) is 10.3. The summed E-state index contributed by atoms with van der Waals surface area (Å²) in [6, 6.07) is 0.615. The van der Waals surface area contributed by atoms with Crippen LogP contribution in [-0.4, -0.2) is 71.2 Å². The van der Waals surface area contributed by atoms with Crippen LogP contribution in [0.25, 0.3) is 0 Å². The number of ether oxygens (including phenoxy) is 2. The summed E-state index contributed by atoms with van der Waals surface area (Å²) in [5, 5.41) is 0. The van der Waals surface area contributed by atoms with Crippen LogP contribution < -0.4 is 0 Å². The van der Waals surface area contributed by atoms with Crippen LogP contribution in [-0.2, 0) is 19.1 Å². The molecular weight excluding hydrogens is 386 g/mol. The molecule has 0 aromatic carbocycles. The van der Waals surface area contributed by atoms with Crippen LogP contribution in [0.4, 0.5) is 0 Å². The summed E-state index contributed by atoms with van der Waals surface area (Å²) in [7, 11) is 7.43. The number of hydrogen-bond acceptors (Lipinski definition) is 9. The van der Waals surface area contributed by atoms with Crippen molar-refractivity contribution in [2.45, 2.75) is 18.1 Å². The van der Waals surface area contributed by atoms with Gasteiger partial charge in [0.1, 0.15) is 13.2 Å². The van der Waals surface area contributed by atoms with Crippen molar-refractivity contribution in [3.05, 3.63) is 25.3 Å². The summed E-state index contributed by atoms with van der Waals surface area (Å²) < 4.78 is 10.6. The number of hydrogen-bond donors (Lipinski definition) is 0. The second kappa shape index (κ2) is 10.7. The van der Waals surface area contributed by atoms with Gasteiger partial charge in [-0.3, -0.25) is 4.90 Å². The molecule has 2 aliphatic heterocycles. The lowest BCUT2D eigenvalue weighted by atomic mass is 10.1. The lowest BCUT2D eigenvalue weighted by Crippen LogP contribution is -2.55. The quantitative estimate of drug-likeness (QED) is 0.326. The zero-order valence-electron chi connectivity index (χ0n) is 13.3. The summed E-state index contributed by atoms with van der Waals surface area (Å²) >= 11 is 0. The predicted molar refractivity (Wildman–Crippen MR) is 105 cm³/mol. The fraction of sp³-hybridized carbons (Fsp3) is 0.600. The van der Waals surface area contributed by atoms with Gasteiger partial charge in [0.2, 0.25) is 0 Å². The molecular formula is C15H21NO4S4. The van der Waals surface area contributed by atoms with Gasteiger partial charge in [-0.25, -0.2) is 9.59 Å². The van der Waals surface area contributed by atoms with Crippen molar-refractivity contribution in [3.63, 3.8) is 0 Å². The molecule has 0 N–H and O–H groups in total. The third kappa shape index (κ3) is 5.94. The van der Waals surface area contributed by atoms with E-state index < -0.39 is 11.9 Å². The van der Waals surface area contributed by atoms with Crippen molar-refractivity contribution in [1.29, 1.82) is 0 Å². The zero-order chi connectivity index (χ0) is 17.4. The van der Waals surface area contributed by atoms with Gasteiger partial charge in [-0.15, -0.1) is 0 Å². The van der Waals surface area contributed by atoms with Crippen molar-refractivity contribution in [2.24, 2.45) is 0 Å². The first kappa shape index (κ1) is 20.1. The van der Waals surface area contributed by atoms with Crippen LogP contribution in [0.15, 0.2) is 25.3 Å². The topological polar surface area (TPSA) is 55.8 Å². The molecule has 2 saturated heterocycles. The zero-order valence-corrected chi connectivity index (χ0v) is 16.5. The largest absolute Gasteiger partial charge is 0.461 e. The fourth-order valence-electron chi connectivity index (χ4n) is 2.54. The van der Waals surface area contributed by atoms with Crippen molar-refractivity contribution < 1.29 is 19.1 Å². The van der Waals surface area contributed by atoms with E-state index in [1.165, 1.54) is 0 Å². The van der Waals surface area contributed by atoms with E-state index >= 15 is 0 Å². The minimum Gasteiger partial charge on any atom is -0.461 e. The smallest absolute Gasteiger partial charge is 0.330 e. The Labute approximate surface area is 158 Å². The summed E-state index contributed by atoms with van der Waals surface area (Å²) in [5.41, 5.74) is 0. The van der Waals surface area contributed by atoms with E-state index in [-0.39, 0.29) is 19.3 Å². The Morgan fingerprint density at radius 1 is 0.917 bits per heavy atom. The van der Waals surface area contributed by atoms with Crippen molar-refractivity contribution in [1.82, 2.24) is 4.90 Å². The molecule has 9 heteroatoms. The lowest BCUT2D eigenvalue weighted by Gasteiger charge is -2.39. The van der Waals surface area contributed by atoms with E-state index in [1.54, 1.807) is 0 Å². The van der Waals surface area contributed by atoms with Gasteiger partial charge in [0.15, 0.2) is 0 Å². The van der Waals surface area contributed by atoms with Gasteiger partial charge in [-0.2, -0.15) is 0 Å². The molecule has 2 rings (SSSR count). The molecule has 134 valence electrons. The molecule has 0 radical (unpaired) electrons. The summed E-state index contributed by atoms with van der Waals surface area (Å²) in [4.78, 5) is 25.3. The molecule has 0 bridgehead atoms. The van der Waals surface area contributed by atoms with E-state index in [9.17, 15) is 9.59 Å². The number of rotatable bonds is 9. The van der Waals surface area contributed by atoms with Gasteiger partial charge in [0.25, 0.3) is 0 Å². The number of nitrogens with zero attached hydrogens (tertiary/aromatic N) is 1. The highest BCUT2D eigenvalue weighted by Crippen LogP contribution is 2.39. The van der Waals surface area contributed by atoms with Gasteiger partial charge in [-0.05, 0) is 0 Å². The molecule has 0 saturated carbocycles. The van der Waals surface area contributed by atoms with Crippen LogP contribution in [0.3, 0.4) is 0 Å². The standard InChI is InChI=1S/C15H21NO4S4/c1-3-14(17)19-5-11(6-20-15(18)4-2)16(12-7-21-22-8-12)13-9-23-24-10-13/h3-4,11-13H,1-2,5-10H2. The average Bonchev–Trinajstić information content (AvgIpc) is 3.30. The maximum atomic E-state index is 11.5. The minimum atomic E-state index is -0.458. The SMILES string of the molecule is C=CC(=O)OCC(COC(=O)C=C)N(C1CSSC1)C1CSSC1. The highest BCUT2D eigenvalue weighted by molar-refractivity contribution is 8.77. The van der Waals surface area contributed by atoms with Crippen molar-refractivity contribution in [3.8, 4) is 0 Å². The molecule has 0 aliphatic carbocycles. The molecule has 0 spiro atoms. The fourth-order valence-corrected chi connectivity index (χ4v) is 8.05. The third-order valence-electron chi connectivity index (χ3n) is 3.64. The Morgan fingerprint density at radius 3 is 1.62 bits per heavy atom. The van der Waals surface area contributed by atoms with Crippen molar-refractivity contribution in [2.75, 3.05) is 36.2 Å². The molecule has 0 aromatic heterocycles. The first-order valence-electron chi connectivity index (χ1n) is 7.50. The van der Waals surface area contributed by atoms with Gasteiger partial charge in [-0.1, -0.05) is 56.3 Å². The molecule has 0 atom stereocenters. The highest BCUT2D eigenvalue weighted by atomic mass is 33.1. The maximum Gasteiger partial charge on any atom is 0.330 e. The van der Waals surface area contributed by atoms with Crippen LogP contribution >= 0.6 is 43.2 Å². The van der Waals surface area contributed by atoms with Crippen LogP contribution in [0.2, 0.25) is 0 Å². The molecule has 5 nitrogen and oxygen atoms in total. The number of esters is 2. The monoisotopic (exact) mass is 407 g/mol. The van der Waals surface area contributed by atoms with Crippen molar-refractivity contribution >= 4 is 55.1 Å². The van der Waals surface area contributed by atoms with E-state index in [1.807, 2.05) is 43.2 Å². The Bertz CT molecular complexity index is 424. The molecule has 2 heterocycles. The first-order valence-corrected chi connectivity index (χ1v) is 12.5. The predicted octanol–water partition coefficient (Wildman–Crippen LogP) is 2.64. The highest BCUT2D eigenvalue weighted by Gasteiger charge is 2.37. The van der Waals surface area contributed by atoms with Crippen LogP contribution in [0, 0.1) is 0 Å². The lowest BCUT2D eigenvalue weighted by molar-refractivity contribution is -0.144. The van der Waals surface area contributed by atoms with Gasteiger partial charge in [0, 0.05) is 47.2 Å². The third-order valence-corrected chi connectivity index (χ3v) is 8.69. The normalized spacial score (nSPS) is 18.9. The Hall–Kier alpha value is -0.220. The van der Waals surface area contributed by atoms with E-state index in [4.69, 9.17) is 9.47 Å². The summed E-state index contributed by atoms with van der Waals surface area (Å²) in [6.45, 7) is 7.23. The maximum absolute atomic E-state index is 11.5. The molecule has 0 aromatic rings. The molecule has 24 heavy (non-hydrogen) atoms. The second-order valence-electron chi connectivity index (χ2n) is 5.22. The van der Waals surface area contributed by atoms with Crippen LogP contribution in [0.1, 0.15) is 0 Å². The van der Waals surface area contributed by atoms with E-state index in [0.29, 0.717) is 12.1 Å². The van der Waals surface area contributed by atoms with E-state index in [0.717, 1.165) is 35.2 Å². The molecule has 0 unspecified atom stereocenters. The first-order chi connectivity index (χ1) is 11.7. The number of carbonyl (C=O) groups excluding carboxylic acids is 2. The molecule has 0 amide bonds. The molecule has 2 aliphatic rings. The molecule has 2 fully saturated rings. The van der Waals surface area contributed by atoms with Crippen LogP contribution in [0.5, 0.6) is 0 Å². The minimum absolute atomic E-state index is 0.161.